The van der Waals surface area contributed by atoms with E-state index < -0.39 is 0 Å². The van der Waals surface area contributed by atoms with E-state index in [1.54, 1.807) is 0 Å². The molecule has 0 bridgehead atoms. The third kappa shape index (κ3) is 2.35. The zero-order valence-electron chi connectivity index (χ0n) is 8.87. The Morgan fingerprint density at radius 2 is 2.29 bits per heavy atom. The zero-order chi connectivity index (χ0) is 9.80. The average molecular weight is 193 g/mol. The van der Waals surface area contributed by atoms with E-state index in [4.69, 9.17) is 0 Å². The Hall–Kier alpha value is -0.830. The molecule has 1 aliphatic carbocycles. The maximum Gasteiger partial charge on any atom is 0.0492 e. The Kier molecular flexibility index (Phi) is 3.19. The second-order valence-electron chi connectivity index (χ2n) is 4.13. The van der Waals surface area contributed by atoms with Gasteiger partial charge in [-0.15, -0.1) is 0 Å². The highest BCUT2D eigenvalue weighted by molar-refractivity contribution is 5.00. The molecule has 0 amide bonds. The van der Waals surface area contributed by atoms with E-state index >= 15 is 0 Å². The predicted molar refractivity (Wildman–Crippen MR) is 57.2 cm³/mol. The summed E-state index contributed by atoms with van der Waals surface area (Å²) in [5.41, 5.74) is 1.32. The van der Waals surface area contributed by atoms with Crippen molar-refractivity contribution < 1.29 is 0 Å². The van der Waals surface area contributed by atoms with Crippen LogP contribution in [0.4, 0.5) is 0 Å². The monoisotopic (exact) mass is 193 g/mol. The molecule has 3 nitrogen and oxygen atoms in total. The van der Waals surface area contributed by atoms with Gasteiger partial charge in [-0.2, -0.15) is 5.10 Å². The lowest BCUT2D eigenvalue weighted by Gasteiger charge is -2.11. The van der Waals surface area contributed by atoms with Crippen molar-refractivity contribution in [3.63, 3.8) is 0 Å². The Morgan fingerprint density at radius 3 is 2.93 bits per heavy atom. The molecule has 3 heteroatoms. The van der Waals surface area contributed by atoms with Crippen LogP contribution in [0, 0.1) is 0 Å². The highest BCUT2D eigenvalue weighted by Gasteiger charge is 2.13. The zero-order valence-corrected chi connectivity index (χ0v) is 8.87. The summed E-state index contributed by atoms with van der Waals surface area (Å²) < 4.78 is 1.95. The van der Waals surface area contributed by atoms with Gasteiger partial charge in [-0.1, -0.05) is 12.8 Å². The van der Waals surface area contributed by atoms with Crippen molar-refractivity contribution in [1.82, 2.24) is 15.1 Å². The fourth-order valence-electron chi connectivity index (χ4n) is 2.18. The number of aromatic nitrogens is 2. The SMILES string of the molecule is Cn1nccc1CCNC1CCCC1. The molecule has 1 N–H and O–H groups in total. The first-order chi connectivity index (χ1) is 6.86. The molecule has 0 aliphatic heterocycles. The minimum atomic E-state index is 0.781. The fourth-order valence-corrected chi connectivity index (χ4v) is 2.18. The van der Waals surface area contributed by atoms with Crippen LogP contribution in [0.25, 0.3) is 0 Å². The highest BCUT2D eigenvalue weighted by Crippen LogP contribution is 2.17. The van der Waals surface area contributed by atoms with Gasteiger partial charge in [0.15, 0.2) is 0 Å². The third-order valence-electron chi connectivity index (χ3n) is 3.09. The number of nitrogens with one attached hydrogen (secondary N) is 1. The molecule has 14 heavy (non-hydrogen) atoms. The summed E-state index contributed by atoms with van der Waals surface area (Å²) in [6.45, 7) is 1.09. The summed E-state index contributed by atoms with van der Waals surface area (Å²) in [6, 6.07) is 2.87. The first-order valence-corrected chi connectivity index (χ1v) is 5.56. The van der Waals surface area contributed by atoms with E-state index in [0.717, 1.165) is 19.0 Å². The Morgan fingerprint density at radius 1 is 1.50 bits per heavy atom. The maximum atomic E-state index is 4.16. The van der Waals surface area contributed by atoms with Crippen LogP contribution in [-0.2, 0) is 13.5 Å². The molecule has 0 radical (unpaired) electrons. The van der Waals surface area contributed by atoms with Gasteiger partial charge in [-0.25, -0.2) is 0 Å². The second kappa shape index (κ2) is 4.60. The molecular weight excluding hydrogens is 174 g/mol. The van der Waals surface area contributed by atoms with Crippen molar-refractivity contribution >= 4 is 0 Å². The molecule has 2 rings (SSSR count). The van der Waals surface area contributed by atoms with Gasteiger partial charge in [0.05, 0.1) is 0 Å². The smallest absolute Gasteiger partial charge is 0.0492 e. The quantitative estimate of drug-likeness (QED) is 0.785. The van der Waals surface area contributed by atoms with Crippen LogP contribution >= 0.6 is 0 Å². The van der Waals surface area contributed by atoms with Crippen LogP contribution in [0.3, 0.4) is 0 Å². The molecule has 0 atom stereocenters. The minimum Gasteiger partial charge on any atom is -0.314 e. The molecule has 0 spiro atoms. The van der Waals surface area contributed by atoms with Crippen LogP contribution in [-0.4, -0.2) is 22.4 Å². The predicted octanol–water partition coefficient (Wildman–Crippen LogP) is 1.49. The largest absolute Gasteiger partial charge is 0.314 e. The lowest BCUT2D eigenvalue weighted by molar-refractivity contribution is 0.520. The van der Waals surface area contributed by atoms with Crippen LogP contribution in [0.1, 0.15) is 31.4 Å². The van der Waals surface area contributed by atoms with Crippen molar-refractivity contribution in [2.45, 2.75) is 38.1 Å². The molecule has 0 unspecified atom stereocenters. The molecule has 0 saturated heterocycles. The van der Waals surface area contributed by atoms with Gasteiger partial charge >= 0.3 is 0 Å². The number of nitrogens with zero attached hydrogens (tertiary/aromatic N) is 2. The normalized spacial score (nSPS) is 17.8. The number of hydrogen-bond acceptors (Lipinski definition) is 2. The molecule has 1 aromatic heterocycles. The van der Waals surface area contributed by atoms with Gasteiger partial charge in [-0.3, -0.25) is 4.68 Å². The summed E-state index contributed by atoms with van der Waals surface area (Å²) in [7, 11) is 2.00. The molecule has 1 heterocycles. The van der Waals surface area contributed by atoms with E-state index in [-0.39, 0.29) is 0 Å². The number of hydrogen-bond donors (Lipinski definition) is 1. The first-order valence-electron chi connectivity index (χ1n) is 5.56. The van der Waals surface area contributed by atoms with E-state index in [1.807, 2.05) is 17.9 Å². The Labute approximate surface area is 85.5 Å². The van der Waals surface area contributed by atoms with Crippen LogP contribution in [0.5, 0.6) is 0 Å². The van der Waals surface area contributed by atoms with Crippen molar-refractivity contribution in [1.29, 1.82) is 0 Å². The molecule has 1 aliphatic rings. The fraction of sp³-hybridized carbons (Fsp3) is 0.727. The molecular formula is C11H19N3. The van der Waals surface area contributed by atoms with Gasteiger partial charge in [0.2, 0.25) is 0 Å². The minimum absolute atomic E-state index is 0.781. The topological polar surface area (TPSA) is 29.9 Å². The third-order valence-corrected chi connectivity index (χ3v) is 3.09. The van der Waals surface area contributed by atoms with Crippen LogP contribution < -0.4 is 5.32 Å². The molecule has 1 fully saturated rings. The van der Waals surface area contributed by atoms with Gasteiger partial charge in [0.25, 0.3) is 0 Å². The standard InChI is InChI=1S/C11H19N3/c1-14-11(7-9-13-14)6-8-12-10-4-2-3-5-10/h7,9-10,12H,2-6,8H2,1H3. The average Bonchev–Trinajstić information content (AvgIpc) is 2.78. The van der Waals surface area contributed by atoms with Crippen molar-refractivity contribution in [2.75, 3.05) is 6.54 Å². The van der Waals surface area contributed by atoms with Crippen molar-refractivity contribution in [3.05, 3.63) is 18.0 Å². The summed E-state index contributed by atoms with van der Waals surface area (Å²) >= 11 is 0. The van der Waals surface area contributed by atoms with E-state index in [1.165, 1.54) is 31.4 Å². The second-order valence-corrected chi connectivity index (χ2v) is 4.13. The van der Waals surface area contributed by atoms with Crippen LogP contribution in [0.2, 0.25) is 0 Å². The van der Waals surface area contributed by atoms with Crippen molar-refractivity contribution in [2.24, 2.45) is 7.05 Å². The summed E-state index contributed by atoms with van der Waals surface area (Å²) in [5, 5.41) is 7.76. The summed E-state index contributed by atoms with van der Waals surface area (Å²) in [4.78, 5) is 0. The first kappa shape index (κ1) is 9.71. The molecule has 1 saturated carbocycles. The van der Waals surface area contributed by atoms with E-state index in [0.29, 0.717) is 0 Å². The van der Waals surface area contributed by atoms with Gasteiger partial charge in [-0.05, 0) is 18.9 Å². The van der Waals surface area contributed by atoms with Gasteiger partial charge in [0.1, 0.15) is 0 Å². The maximum absolute atomic E-state index is 4.16. The Balaban J connectivity index is 1.70. The Bertz CT molecular complexity index is 274. The summed E-state index contributed by atoms with van der Waals surface area (Å²) in [6.07, 6.45) is 8.50. The van der Waals surface area contributed by atoms with Gasteiger partial charge in [0, 0.05) is 37.9 Å². The van der Waals surface area contributed by atoms with Crippen molar-refractivity contribution in [3.8, 4) is 0 Å². The lowest BCUT2D eigenvalue weighted by atomic mass is 10.2. The number of rotatable bonds is 4. The summed E-state index contributed by atoms with van der Waals surface area (Å²) in [5.74, 6) is 0. The highest BCUT2D eigenvalue weighted by atomic mass is 15.3. The van der Waals surface area contributed by atoms with E-state index in [9.17, 15) is 0 Å². The van der Waals surface area contributed by atoms with E-state index in [2.05, 4.69) is 16.5 Å². The van der Waals surface area contributed by atoms with Crippen LogP contribution in [0.15, 0.2) is 12.3 Å². The molecule has 0 aromatic carbocycles. The number of aryl methyl sites for hydroxylation is 1. The molecule has 78 valence electrons. The lowest BCUT2D eigenvalue weighted by Crippen LogP contribution is -2.28. The molecule has 1 aromatic rings. The van der Waals surface area contributed by atoms with Gasteiger partial charge < -0.3 is 5.32 Å².